The first-order valence-electron chi connectivity index (χ1n) is 10.3. The van der Waals surface area contributed by atoms with Crippen molar-refractivity contribution in [2.45, 2.75) is 19.1 Å². The van der Waals surface area contributed by atoms with Crippen molar-refractivity contribution >= 4 is 52.1 Å². The minimum atomic E-state index is -1.01. The fourth-order valence-electron chi connectivity index (χ4n) is 3.95. The smallest absolute Gasteiger partial charge is 0.241 e. The van der Waals surface area contributed by atoms with Crippen LogP contribution in [0.15, 0.2) is 78.9 Å². The average molecular weight is 485 g/mol. The molecule has 0 saturated carbocycles. The molecular formula is C25H22Cl2N2O2S. The van der Waals surface area contributed by atoms with E-state index in [1.165, 1.54) is 4.90 Å². The molecule has 3 aromatic carbocycles. The third-order valence-electron chi connectivity index (χ3n) is 5.79. The molecule has 1 fully saturated rings. The van der Waals surface area contributed by atoms with E-state index in [4.69, 9.17) is 35.4 Å². The van der Waals surface area contributed by atoms with E-state index in [1.807, 2.05) is 42.2 Å². The second-order valence-electron chi connectivity index (χ2n) is 7.77. The largest absolute Gasteiger partial charge is 0.388 e. The number of halogens is 2. The number of hydrogen-bond donors (Lipinski definition) is 1. The second-order valence-corrected chi connectivity index (χ2v) is 9.01. The Kier molecular flexibility index (Phi) is 6.82. The van der Waals surface area contributed by atoms with Crippen LogP contribution >= 0.6 is 35.4 Å². The average Bonchev–Trinajstić information content (AvgIpc) is 2.81. The van der Waals surface area contributed by atoms with Crippen LogP contribution in [0.2, 0.25) is 10.0 Å². The Bertz CT molecular complexity index is 1110. The number of amides is 1. The highest BCUT2D eigenvalue weighted by molar-refractivity contribution is 7.80. The number of thiocarbonyl (C=S) groups is 1. The molecule has 3 aromatic rings. The van der Waals surface area contributed by atoms with Crippen molar-refractivity contribution in [1.29, 1.82) is 0 Å². The summed E-state index contributed by atoms with van der Waals surface area (Å²) < 4.78 is 0. The summed E-state index contributed by atoms with van der Waals surface area (Å²) in [7, 11) is 0. The molecule has 1 amide bonds. The first kappa shape index (κ1) is 22.7. The van der Waals surface area contributed by atoms with Gasteiger partial charge < -0.3 is 10.0 Å². The van der Waals surface area contributed by atoms with Gasteiger partial charge in [-0.15, -0.1) is 0 Å². The quantitative estimate of drug-likeness (QED) is 0.448. The molecule has 4 nitrogen and oxygen atoms in total. The Morgan fingerprint density at radius 3 is 2.06 bits per heavy atom. The van der Waals surface area contributed by atoms with Gasteiger partial charge in [0.05, 0.1) is 23.8 Å². The van der Waals surface area contributed by atoms with Gasteiger partial charge in [0.1, 0.15) is 0 Å². The summed E-state index contributed by atoms with van der Waals surface area (Å²) >= 11 is 17.9. The topological polar surface area (TPSA) is 43.8 Å². The molecule has 1 aliphatic rings. The summed E-state index contributed by atoms with van der Waals surface area (Å²) in [6.45, 7) is 2.34. The minimum Gasteiger partial charge on any atom is -0.388 e. The molecular weight excluding hydrogens is 463 g/mol. The van der Waals surface area contributed by atoms with Gasteiger partial charge in [-0.2, -0.15) is 0 Å². The van der Waals surface area contributed by atoms with E-state index in [-0.39, 0.29) is 11.9 Å². The lowest BCUT2D eigenvalue weighted by atomic mass is 9.91. The molecule has 1 heterocycles. The van der Waals surface area contributed by atoms with Gasteiger partial charge in [0, 0.05) is 16.6 Å². The van der Waals surface area contributed by atoms with Gasteiger partial charge in [0.15, 0.2) is 5.11 Å². The highest BCUT2D eigenvalue weighted by atomic mass is 35.5. The van der Waals surface area contributed by atoms with Gasteiger partial charge in [0.2, 0.25) is 5.91 Å². The van der Waals surface area contributed by atoms with Gasteiger partial charge in [-0.25, -0.2) is 0 Å². The van der Waals surface area contributed by atoms with Crippen LogP contribution in [0.5, 0.6) is 0 Å². The summed E-state index contributed by atoms with van der Waals surface area (Å²) in [4.78, 5) is 17.1. The lowest BCUT2D eigenvalue weighted by Gasteiger charge is -2.45. The number of hydrogen-bond acceptors (Lipinski definition) is 3. The van der Waals surface area contributed by atoms with Crippen LogP contribution in [0.25, 0.3) is 0 Å². The minimum absolute atomic E-state index is 0.0912. The zero-order chi connectivity index (χ0) is 22.8. The van der Waals surface area contributed by atoms with Crippen molar-refractivity contribution in [2.24, 2.45) is 5.92 Å². The summed E-state index contributed by atoms with van der Waals surface area (Å²) in [6.07, 6.45) is -1.01. The number of aliphatic hydroxyl groups is 1. The monoisotopic (exact) mass is 484 g/mol. The number of aliphatic hydroxyl groups excluding tert-OH is 1. The Morgan fingerprint density at radius 2 is 1.47 bits per heavy atom. The standard InChI is InChI=1S/C25H22Cl2N2O2S/c1-16(17-5-3-2-4-6-17)28-15-22(23(30)18-7-9-19(26)10-8-18)24(31)29(25(28)32)21-13-11-20(27)12-14-21/h2-14,16,22-23,30H,15H2,1H3/t16-,22-,23-/m0/s1. The molecule has 4 rings (SSSR count). The molecule has 7 heteroatoms. The number of anilines is 1. The van der Waals surface area contributed by atoms with Crippen LogP contribution in [0.1, 0.15) is 30.2 Å². The molecule has 164 valence electrons. The molecule has 1 aliphatic heterocycles. The molecule has 3 atom stereocenters. The molecule has 1 saturated heterocycles. The maximum Gasteiger partial charge on any atom is 0.241 e. The van der Waals surface area contributed by atoms with Gasteiger partial charge in [-0.3, -0.25) is 9.69 Å². The summed E-state index contributed by atoms with van der Waals surface area (Å²) in [5.74, 6) is -0.971. The number of rotatable bonds is 5. The van der Waals surface area contributed by atoms with E-state index in [0.29, 0.717) is 33.0 Å². The zero-order valence-electron chi connectivity index (χ0n) is 17.4. The molecule has 0 aliphatic carbocycles. The van der Waals surface area contributed by atoms with Gasteiger partial charge >= 0.3 is 0 Å². The van der Waals surface area contributed by atoms with Crippen molar-refractivity contribution in [1.82, 2.24) is 4.90 Å². The Balaban J connectivity index is 1.74. The summed E-state index contributed by atoms with van der Waals surface area (Å²) in [5.41, 5.74) is 2.31. The first-order valence-corrected chi connectivity index (χ1v) is 11.4. The predicted molar refractivity (Wildman–Crippen MR) is 133 cm³/mol. The van der Waals surface area contributed by atoms with Crippen molar-refractivity contribution in [3.63, 3.8) is 0 Å². The van der Waals surface area contributed by atoms with Crippen LogP contribution in [0.3, 0.4) is 0 Å². The van der Waals surface area contributed by atoms with Crippen molar-refractivity contribution in [3.8, 4) is 0 Å². The highest BCUT2D eigenvalue weighted by Crippen LogP contribution is 2.36. The van der Waals surface area contributed by atoms with Crippen LogP contribution in [0, 0.1) is 5.92 Å². The maximum absolute atomic E-state index is 13.6. The molecule has 0 bridgehead atoms. The molecule has 1 N–H and O–H groups in total. The van der Waals surface area contributed by atoms with E-state index in [0.717, 1.165) is 5.56 Å². The van der Waals surface area contributed by atoms with Crippen LogP contribution in [-0.4, -0.2) is 27.6 Å². The van der Waals surface area contributed by atoms with Crippen LogP contribution < -0.4 is 4.90 Å². The maximum atomic E-state index is 13.6. The molecule has 32 heavy (non-hydrogen) atoms. The predicted octanol–water partition coefficient (Wildman–Crippen LogP) is 6.04. The Labute approximate surface area is 203 Å². The second kappa shape index (κ2) is 9.59. The van der Waals surface area contributed by atoms with Crippen LogP contribution in [0.4, 0.5) is 5.69 Å². The normalized spacial score (nSPS) is 18.6. The zero-order valence-corrected chi connectivity index (χ0v) is 19.7. The van der Waals surface area contributed by atoms with E-state index in [1.54, 1.807) is 48.5 Å². The van der Waals surface area contributed by atoms with E-state index in [9.17, 15) is 9.90 Å². The van der Waals surface area contributed by atoms with Gasteiger partial charge in [-0.05, 0) is 66.7 Å². The number of benzene rings is 3. The third-order valence-corrected chi connectivity index (χ3v) is 6.72. The fourth-order valence-corrected chi connectivity index (χ4v) is 4.63. The molecule has 0 radical (unpaired) electrons. The van der Waals surface area contributed by atoms with Gasteiger partial charge in [-0.1, -0.05) is 65.7 Å². The molecule has 0 aromatic heterocycles. The molecule has 0 unspecified atom stereocenters. The number of carbonyl (C=O) groups excluding carboxylic acids is 1. The van der Waals surface area contributed by atoms with Crippen LogP contribution in [-0.2, 0) is 4.79 Å². The van der Waals surface area contributed by atoms with Crippen molar-refractivity contribution < 1.29 is 9.90 Å². The SMILES string of the molecule is C[C@@H](c1ccccc1)N1C[C@@H]([C@@H](O)c2ccc(Cl)cc2)C(=O)N(c2ccc(Cl)cc2)C1=S. The Morgan fingerprint density at radius 1 is 0.906 bits per heavy atom. The van der Waals surface area contributed by atoms with Crippen molar-refractivity contribution in [2.75, 3.05) is 11.4 Å². The lowest BCUT2D eigenvalue weighted by molar-refractivity contribution is -0.127. The number of nitrogens with zero attached hydrogens (tertiary/aromatic N) is 2. The Hall–Kier alpha value is -2.44. The summed E-state index contributed by atoms with van der Waals surface area (Å²) in [5, 5.41) is 12.7. The van der Waals surface area contributed by atoms with Gasteiger partial charge in [0.25, 0.3) is 0 Å². The summed E-state index contributed by atoms with van der Waals surface area (Å²) in [6, 6.07) is 23.7. The highest BCUT2D eigenvalue weighted by Gasteiger charge is 2.43. The first-order chi connectivity index (χ1) is 15.4. The van der Waals surface area contributed by atoms with E-state index in [2.05, 4.69) is 0 Å². The lowest BCUT2D eigenvalue weighted by Crippen LogP contribution is -2.58. The fraction of sp³-hybridized carbons (Fsp3) is 0.200. The van der Waals surface area contributed by atoms with Crippen molar-refractivity contribution in [3.05, 3.63) is 100 Å². The number of carbonyl (C=O) groups is 1. The molecule has 0 spiro atoms. The van der Waals surface area contributed by atoms with E-state index >= 15 is 0 Å². The van der Waals surface area contributed by atoms with E-state index < -0.39 is 12.0 Å². The third kappa shape index (κ3) is 4.52.